The van der Waals surface area contributed by atoms with Gasteiger partial charge in [0, 0.05) is 17.7 Å². The summed E-state index contributed by atoms with van der Waals surface area (Å²) >= 11 is 0. The maximum absolute atomic E-state index is 13.9. The standard InChI is InChI=1S/C14H14F3N3/c15-8-5-10-12(14(17)13(8)16)11(20-18)6-9(19-10)7-3-1-2-4-7/h5-7H,1-4,18H2,(H,19,20). The predicted molar refractivity (Wildman–Crippen MR) is 70.6 cm³/mol. The second-order valence-corrected chi connectivity index (χ2v) is 5.10. The Morgan fingerprint density at radius 3 is 2.45 bits per heavy atom. The third kappa shape index (κ3) is 2.00. The van der Waals surface area contributed by atoms with Crippen LogP contribution in [-0.2, 0) is 0 Å². The van der Waals surface area contributed by atoms with Gasteiger partial charge in [0.25, 0.3) is 0 Å². The van der Waals surface area contributed by atoms with E-state index in [-0.39, 0.29) is 22.5 Å². The average molecular weight is 281 g/mol. The highest BCUT2D eigenvalue weighted by Gasteiger charge is 2.23. The van der Waals surface area contributed by atoms with Crippen LogP contribution in [0.15, 0.2) is 12.1 Å². The van der Waals surface area contributed by atoms with Crippen LogP contribution in [0.2, 0.25) is 0 Å². The molecule has 0 aliphatic heterocycles. The van der Waals surface area contributed by atoms with Crippen LogP contribution < -0.4 is 11.3 Å². The smallest absolute Gasteiger partial charge is 0.195 e. The van der Waals surface area contributed by atoms with Crippen LogP contribution in [-0.4, -0.2) is 4.98 Å². The average Bonchev–Trinajstić information content (AvgIpc) is 2.97. The van der Waals surface area contributed by atoms with Crippen molar-refractivity contribution in [3.63, 3.8) is 0 Å². The van der Waals surface area contributed by atoms with E-state index in [0.29, 0.717) is 0 Å². The zero-order chi connectivity index (χ0) is 14.3. The molecule has 0 unspecified atom stereocenters. The van der Waals surface area contributed by atoms with Crippen LogP contribution >= 0.6 is 0 Å². The lowest BCUT2D eigenvalue weighted by atomic mass is 10.0. The summed E-state index contributed by atoms with van der Waals surface area (Å²) in [6, 6.07) is 2.53. The molecular weight excluding hydrogens is 267 g/mol. The summed E-state index contributed by atoms with van der Waals surface area (Å²) in [4.78, 5) is 4.29. The Labute approximate surface area is 114 Å². The third-order valence-electron chi connectivity index (χ3n) is 3.88. The zero-order valence-electron chi connectivity index (χ0n) is 10.7. The van der Waals surface area contributed by atoms with E-state index in [1.807, 2.05) is 0 Å². The van der Waals surface area contributed by atoms with E-state index in [9.17, 15) is 13.2 Å². The van der Waals surface area contributed by atoms with Crippen molar-refractivity contribution in [1.82, 2.24) is 4.98 Å². The number of pyridine rings is 1. The van der Waals surface area contributed by atoms with Crippen LogP contribution in [0.4, 0.5) is 18.9 Å². The van der Waals surface area contributed by atoms with Gasteiger partial charge in [0.05, 0.1) is 16.6 Å². The van der Waals surface area contributed by atoms with Crippen molar-refractivity contribution < 1.29 is 13.2 Å². The topological polar surface area (TPSA) is 50.9 Å². The van der Waals surface area contributed by atoms with E-state index in [1.54, 1.807) is 6.07 Å². The van der Waals surface area contributed by atoms with Gasteiger partial charge < -0.3 is 5.43 Å². The fourth-order valence-electron chi connectivity index (χ4n) is 2.86. The molecule has 0 radical (unpaired) electrons. The number of hydrazine groups is 1. The number of nitrogens with two attached hydrogens (primary N) is 1. The number of rotatable bonds is 2. The molecule has 1 aromatic carbocycles. The molecule has 106 valence electrons. The molecule has 3 rings (SSSR count). The largest absolute Gasteiger partial charge is 0.323 e. The van der Waals surface area contributed by atoms with E-state index >= 15 is 0 Å². The summed E-state index contributed by atoms with van der Waals surface area (Å²) in [5, 5.41) is -0.117. The van der Waals surface area contributed by atoms with Gasteiger partial charge in [-0.3, -0.25) is 10.8 Å². The summed E-state index contributed by atoms with van der Waals surface area (Å²) < 4.78 is 40.5. The van der Waals surface area contributed by atoms with E-state index in [4.69, 9.17) is 5.84 Å². The molecule has 1 aromatic heterocycles. The molecule has 1 aliphatic rings. The summed E-state index contributed by atoms with van der Waals surface area (Å²) in [5.74, 6) is 1.63. The van der Waals surface area contributed by atoms with Crippen molar-refractivity contribution in [2.75, 3.05) is 5.43 Å². The number of nitrogens with zero attached hydrogens (tertiary/aromatic N) is 1. The second kappa shape index (κ2) is 4.94. The SMILES string of the molecule is NNc1cc(C2CCCC2)nc2cc(F)c(F)c(F)c12. The highest BCUT2D eigenvalue weighted by Crippen LogP contribution is 2.37. The maximum atomic E-state index is 13.9. The zero-order valence-corrected chi connectivity index (χ0v) is 10.7. The van der Waals surface area contributed by atoms with Crippen LogP contribution in [0.25, 0.3) is 10.9 Å². The predicted octanol–water partition coefficient (Wildman–Crippen LogP) is 3.60. The molecule has 0 spiro atoms. The number of benzene rings is 1. The highest BCUT2D eigenvalue weighted by atomic mass is 19.2. The molecule has 3 nitrogen and oxygen atoms in total. The Hall–Kier alpha value is -1.82. The molecule has 1 aliphatic carbocycles. The maximum Gasteiger partial charge on any atom is 0.195 e. The lowest BCUT2D eigenvalue weighted by Crippen LogP contribution is -2.11. The van der Waals surface area contributed by atoms with Crippen LogP contribution in [0.1, 0.15) is 37.3 Å². The van der Waals surface area contributed by atoms with Crippen LogP contribution in [0.5, 0.6) is 0 Å². The summed E-state index contributed by atoms with van der Waals surface area (Å²) in [5.41, 5.74) is 3.41. The highest BCUT2D eigenvalue weighted by molar-refractivity contribution is 5.92. The minimum atomic E-state index is -1.51. The quantitative estimate of drug-likeness (QED) is 0.502. The monoisotopic (exact) mass is 281 g/mol. The molecule has 20 heavy (non-hydrogen) atoms. The van der Waals surface area contributed by atoms with Gasteiger partial charge >= 0.3 is 0 Å². The molecule has 0 saturated heterocycles. The summed E-state index contributed by atoms with van der Waals surface area (Å²) in [7, 11) is 0. The Kier molecular flexibility index (Phi) is 3.25. The first-order valence-corrected chi connectivity index (χ1v) is 6.56. The van der Waals surface area contributed by atoms with Crippen molar-refractivity contribution in [2.45, 2.75) is 31.6 Å². The first kappa shape index (κ1) is 13.2. The molecule has 3 N–H and O–H groups in total. The molecule has 1 heterocycles. The number of anilines is 1. The number of hydrogen-bond acceptors (Lipinski definition) is 3. The molecule has 0 bridgehead atoms. The summed E-state index contributed by atoms with van der Waals surface area (Å²) in [6.07, 6.45) is 4.22. The molecule has 2 aromatic rings. The van der Waals surface area contributed by atoms with E-state index in [1.165, 1.54) is 0 Å². The Morgan fingerprint density at radius 2 is 1.80 bits per heavy atom. The normalized spacial score (nSPS) is 16.0. The Balaban J connectivity index is 2.25. The van der Waals surface area contributed by atoms with Crippen LogP contribution in [0, 0.1) is 17.5 Å². The number of halogens is 3. The van der Waals surface area contributed by atoms with Gasteiger partial charge in [0.15, 0.2) is 17.5 Å². The van der Waals surface area contributed by atoms with Gasteiger partial charge in [0.1, 0.15) is 0 Å². The van der Waals surface area contributed by atoms with Gasteiger partial charge in [-0.1, -0.05) is 12.8 Å². The molecule has 1 saturated carbocycles. The van der Waals surface area contributed by atoms with Gasteiger partial charge in [-0.05, 0) is 18.9 Å². The third-order valence-corrected chi connectivity index (χ3v) is 3.88. The summed E-state index contributed by atoms with van der Waals surface area (Å²) in [6.45, 7) is 0. The van der Waals surface area contributed by atoms with Crippen molar-refractivity contribution in [3.8, 4) is 0 Å². The van der Waals surface area contributed by atoms with E-state index in [0.717, 1.165) is 37.4 Å². The van der Waals surface area contributed by atoms with Gasteiger partial charge in [-0.2, -0.15) is 0 Å². The van der Waals surface area contributed by atoms with Crippen molar-refractivity contribution in [3.05, 3.63) is 35.3 Å². The van der Waals surface area contributed by atoms with E-state index in [2.05, 4.69) is 10.4 Å². The fraction of sp³-hybridized carbons (Fsp3) is 0.357. The number of fused-ring (bicyclic) bond motifs is 1. The first-order chi connectivity index (χ1) is 9.61. The first-order valence-electron chi connectivity index (χ1n) is 6.56. The van der Waals surface area contributed by atoms with Crippen molar-refractivity contribution >= 4 is 16.6 Å². The van der Waals surface area contributed by atoms with Gasteiger partial charge in [-0.25, -0.2) is 13.2 Å². The lowest BCUT2D eigenvalue weighted by Gasteiger charge is -2.14. The molecule has 1 fully saturated rings. The van der Waals surface area contributed by atoms with Gasteiger partial charge in [-0.15, -0.1) is 0 Å². The number of nitrogens with one attached hydrogen (secondary N) is 1. The minimum Gasteiger partial charge on any atom is -0.323 e. The molecule has 0 atom stereocenters. The number of nitrogen functional groups attached to an aromatic ring is 1. The lowest BCUT2D eigenvalue weighted by molar-refractivity contribution is 0.453. The van der Waals surface area contributed by atoms with Gasteiger partial charge in [0.2, 0.25) is 0 Å². The Bertz CT molecular complexity index is 666. The van der Waals surface area contributed by atoms with E-state index < -0.39 is 17.5 Å². The molecular formula is C14H14F3N3. The van der Waals surface area contributed by atoms with Crippen molar-refractivity contribution in [2.24, 2.45) is 5.84 Å². The van der Waals surface area contributed by atoms with Crippen LogP contribution in [0.3, 0.4) is 0 Å². The minimum absolute atomic E-state index is 0.0822. The number of hydrogen-bond donors (Lipinski definition) is 2. The molecule has 6 heteroatoms. The second-order valence-electron chi connectivity index (χ2n) is 5.10. The van der Waals surface area contributed by atoms with Crippen molar-refractivity contribution in [1.29, 1.82) is 0 Å². The molecule has 0 amide bonds. The Morgan fingerprint density at radius 1 is 1.10 bits per heavy atom. The number of aromatic nitrogens is 1. The fourth-order valence-corrected chi connectivity index (χ4v) is 2.86.